The van der Waals surface area contributed by atoms with Crippen molar-refractivity contribution >= 4 is 17.0 Å². The quantitative estimate of drug-likeness (QED) is 0.396. The summed E-state index contributed by atoms with van der Waals surface area (Å²) in [5.41, 5.74) is 4.95. The Hall–Kier alpha value is -4.15. The van der Waals surface area contributed by atoms with Crippen LogP contribution in [0, 0.1) is 11.3 Å². The molecule has 5 rings (SSSR count). The van der Waals surface area contributed by atoms with Crippen LogP contribution in [0.2, 0.25) is 0 Å². The van der Waals surface area contributed by atoms with Gasteiger partial charge in [-0.15, -0.1) is 0 Å². The molecule has 2 aromatic carbocycles. The van der Waals surface area contributed by atoms with Crippen LogP contribution >= 0.6 is 0 Å². The molecule has 0 bridgehead atoms. The van der Waals surface area contributed by atoms with Crippen molar-refractivity contribution < 1.29 is 18.7 Å². The van der Waals surface area contributed by atoms with Gasteiger partial charge in [0.15, 0.2) is 5.58 Å². The van der Waals surface area contributed by atoms with Gasteiger partial charge in [-0.3, -0.25) is 9.78 Å². The third-order valence-electron chi connectivity index (χ3n) is 6.06. The molecule has 0 saturated carbocycles. The zero-order valence-corrected chi connectivity index (χ0v) is 19.7. The van der Waals surface area contributed by atoms with Crippen LogP contribution in [-0.4, -0.2) is 49.2 Å². The molecule has 3 heterocycles. The average Bonchev–Trinajstić information content (AvgIpc) is 3.34. The molecule has 0 aliphatic carbocycles. The van der Waals surface area contributed by atoms with Crippen molar-refractivity contribution in [1.29, 1.82) is 5.26 Å². The Labute approximate surface area is 203 Å². The predicted molar refractivity (Wildman–Crippen MR) is 132 cm³/mol. The van der Waals surface area contributed by atoms with E-state index in [1.54, 1.807) is 37.3 Å². The lowest BCUT2D eigenvalue weighted by atomic mass is 10.0. The van der Waals surface area contributed by atoms with Gasteiger partial charge >= 0.3 is 0 Å². The summed E-state index contributed by atoms with van der Waals surface area (Å²) in [4.78, 5) is 18.2. The van der Waals surface area contributed by atoms with Gasteiger partial charge in [-0.25, -0.2) is 0 Å². The van der Waals surface area contributed by atoms with Gasteiger partial charge in [0.1, 0.15) is 29.2 Å². The first kappa shape index (κ1) is 22.6. The van der Waals surface area contributed by atoms with Crippen LogP contribution in [0.15, 0.2) is 65.2 Å². The van der Waals surface area contributed by atoms with Gasteiger partial charge in [0.2, 0.25) is 0 Å². The molecule has 1 amide bonds. The number of amides is 1. The maximum Gasteiger partial charge on any atom is 0.253 e. The number of benzene rings is 2. The Balaban J connectivity index is 1.46. The lowest BCUT2D eigenvalue weighted by molar-refractivity contribution is 0.00732. The average molecular weight is 468 g/mol. The van der Waals surface area contributed by atoms with Crippen molar-refractivity contribution in [3.05, 3.63) is 71.9 Å². The van der Waals surface area contributed by atoms with Crippen LogP contribution in [0.25, 0.3) is 33.6 Å². The van der Waals surface area contributed by atoms with Crippen LogP contribution in [-0.2, 0) is 4.74 Å². The highest BCUT2D eigenvalue weighted by Crippen LogP contribution is 2.35. The normalized spacial score (nSPS) is 15.5. The van der Waals surface area contributed by atoms with E-state index >= 15 is 0 Å². The van der Waals surface area contributed by atoms with Gasteiger partial charge in [0.25, 0.3) is 5.91 Å². The summed E-state index contributed by atoms with van der Waals surface area (Å²) in [5, 5.41) is 9.76. The maximum atomic E-state index is 12.2. The number of carbonyl (C=O) groups excluding carboxylic acids is 1. The van der Waals surface area contributed by atoms with E-state index in [0.29, 0.717) is 40.3 Å². The van der Waals surface area contributed by atoms with Crippen molar-refractivity contribution in [2.75, 3.05) is 27.3 Å². The summed E-state index contributed by atoms with van der Waals surface area (Å²) >= 11 is 0. The van der Waals surface area contributed by atoms with E-state index < -0.39 is 0 Å². The van der Waals surface area contributed by atoms with Crippen LogP contribution < -0.4 is 4.74 Å². The molecular weight excluding hydrogens is 442 g/mol. The number of hydrogen-bond donors (Lipinski definition) is 0. The largest absolute Gasteiger partial charge is 0.487 e. The highest BCUT2D eigenvalue weighted by Gasteiger charge is 2.19. The minimum atomic E-state index is -0.0538. The van der Waals surface area contributed by atoms with Crippen LogP contribution in [0.4, 0.5) is 0 Å². The number of rotatable bonds is 5. The van der Waals surface area contributed by atoms with E-state index in [0.717, 1.165) is 36.1 Å². The van der Waals surface area contributed by atoms with E-state index in [4.69, 9.17) is 13.9 Å². The van der Waals surface area contributed by atoms with Crippen LogP contribution in [0.3, 0.4) is 0 Å². The molecule has 1 saturated heterocycles. The Morgan fingerprint density at radius 1 is 1.11 bits per heavy atom. The highest BCUT2D eigenvalue weighted by molar-refractivity contribution is 5.95. The lowest BCUT2D eigenvalue weighted by Crippen LogP contribution is -2.28. The zero-order chi connectivity index (χ0) is 24.4. The zero-order valence-electron chi connectivity index (χ0n) is 19.7. The maximum absolute atomic E-state index is 12.2. The first-order valence-electron chi connectivity index (χ1n) is 11.5. The number of carbonyl (C=O) groups is 1. The molecule has 0 N–H and O–H groups in total. The molecule has 1 atom stereocenters. The molecule has 176 valence electrons. The fourth-order valence-corrected chi connectivity index (χ4v) is 4.21. The van der Waals surface area contributed by atoms with Crippen molar-refractivity contribution in [1.82, 2.24) is 9.88 Å². The Bertz CT molecular complexity index is 1410. The van der Waals surface area contributed by atoms with Gasteiger partial charge in [0, 0.05) is 49.7 Å². The monoisotopic (exact) mass is 467 g/mol. The molecule has 4 aromatic rings. The second-order valence-electron chi connectivity index (χ2n) is 8.74. The minimum absolute atomic E-state index is 0.0404. The number of ether oxygens (including phenoxy) is 2. The fourth-order valence-electron chi connectivity index (χ4n) is 4.21. The summed E-state index contributed by atoms with van der Waals surface area (Å²) in [7, 11) is 3.45. The van der Waals surface area contributed by atoms with E-state index in [1.165, 1.54) is 0 Å². The van der Waals surface area contributed by atoms with Crippen molar-refractivity contribution in [3.63, 3.8) is 0 Å². The highest BCUT2D eigenvalue weighted by atomic mass is 16.5. The van der Waals surface area contributed by atoms with Crippen molar-refractivity contribution in [3.8, 4) is 34.3 Å². The lowest BCUT2D eigenvalue weighted by Gasteiger charge is -2.23. The van der Waals surface area contributed by atoms with E-state index in [2.05, 4.69) is 11.1 Å². The Morgan fingerprint density at radius 3 is 2.63 bits per heavy atom. The molecule has 2 aromatic heterocycles. The van der Waals surface area contributed by atoms with Crippen molar-refractivity contribution in [2.24, 2.45) is 0 Å². The van der Waals surface area contributed by atoms with E-state index in [9.17, 15) is 10.1 Å². The molecule has 1 aliphatic heterocycles. The molecular formula is C28H25N3O4. The van der Waals surface area contributed by atoms with Crippen LogP contribution in [0.1, 0.15) is 28.8 Å². The molecule has 0 unspecified atom stereocenters. The van der Waals surface area contributed by atoms with Gasteiger partial charge in [-0.2, -0.15) is 5.26 Å². The van der Waals surface area contributed by atoms with E-state index in [-0.39, 0.29) is 12.0 Å². The molecule has 0 spiro atoms. The third kappa shape index (κ3) is 4.61. The second kappa shape index (κ2) is 9.61. The number of nitrogens with zero attached hydrogens (tertiary/aromatic N) is 3. The smallest absolute Gasteiger partial charge is 0.253 e. The standard InChI is InChI=1S/C28H25N3O4/c1-31(2)28(32)19-7-5-18(6-8-19)26-15-24-27(35-26)23(11-12-30-24)20-9-10-25(21(14-20)16-29)34-22-4-3-13-33-17-22/h5-12,14-15,22H,3-4,13,17H2,1-2H3/t22-/m0/s1. The first-order valence-corrected chi connectivity index (χ1v) is 11.5. The Kier molecular flexibility index (Phi) is 6.21. The molecule has 7 nitrogen and oxygen atoms in total. The van der Waals surface area contributed by atoms with Crippen molar-refractivity contribution in [2.45, 2.75) is 18.9 Å². The number of aromatic nitrogens is 1. The number of nitriles is 1. The van der Waals surface area contributed by atoms with Gasteiger partial charge < -0.3 is 18.8 Å². The predicted octanol–water partition coefficient (Wildman–Crippen LogP) is 5.29. The summed E-state index contributed by atoms with van der Waals surface area (Å²) in [6.45, 7) is 1.29. The Morgan fingerprint density at radius 2 is 1.91 bits per heavy atom. The van der Waals surface area contributed by atoms with E-state index in [1.807, 2.05) is 42.5 Å². The summed E-state index contributed by atoms with van der Waals surface area (Å²) in [5.74, 6) is 1.16. The topological polar surface area (TPSA) is 88.6 Å². The SMILES string of the molecule is CN(C)C(=O)c1ccc(-c2cc3nccc(-c4ccc(O[C@H]5CCCOC5)c(C#N)c4)c3o2)cc1. The minimum Gasteiger partial charge on any atom is -0.487 e. The molecule has 1 fully saturated rings. The number of furan rings is 1. The number of hydrogen-bond acceptors (Lipinski definition) is 6. The summed E-state index contributed by atoms with van der Waals surface area (Å²) in [6.07, 6.45) is 3.55. The first-order chi connectivity index (χ1) is 17.0. The van der Waals surface area contributed by atoms with Crippen LogP contribution in [0.5, 0.6) is 5.75 Å². The van der Waals surface area contributed by atoms with Gasteiger partial charge in [-0.05, 0) is 48.7 Å². The molecule has 1 aliphatic rings. The van der Waals surface area contributed by atoms with Gasteiger partial charge in [-0.1, -0.05) is 18.2 Å². The fraction of sp³-hybridized carbons (Fsp3) is 0.250. The molecule has 35 heavy (non-hydrogen) atoms. The summed E-state index contributed by atoms with van der Waals surface area (Å²) < 4.78 is 17.8. The number of fused-ring (bicyclic) bond motifs is 1. The number of pyridine rings is 1. The molecule has 7 heteroatoms. The molecule has 0 radical (unpaired) electrons. The third-order valence-corrected chi connectivity index (χ3v) is 6.06. The summed E-state index contributed by atoms with van der Waals surface area (Å²) in [6, 6.07) is 18.9. The van der Waals surface area contributed by atoms with Gasteiger partial charge in [0.05, 0.1) is 12.2 Å². The second-order valence-corrected chi connectivity index (χ2v) is 8.74.